The van der Waals surface area contributed by atoms with Gasteiger partial charge in [-0.2, -0.15) is 0 Å². The van der Waals surface area contributed by atoms with Crippen molar-refractivity contribution in [2.75, 3.05) is 13.7 Å². The Kier molecular flexibility index (Phi) is 4.26. The molecular formula is C11H16O3. The van der Waals surface area contributed by atoms with Crippen LogP contribution < -0.4 is 4.74 Å². The number of phenolic OH excluding ortho intramolecular Hbond substituents is 1. The highest BCUT2D eigenvalue weighted by molar-refractivity contribution is 5.43. The van der Waals surface area contributed by atoms with Crippen LogP contribution in [-0.4, -0.2) is 23.9 Å². The fourth-order valence-corrected chi connectivity index (χ4v) is 1.41. The molecule has 2 N–H and O–H groups in total. The molecule has 0 aliphatic heterocycles. The summed E-state index contributed by atoms with van der Waals surface area (Å²) < 4.78 is 5.13. The molecule has 0 bridgehead atoms. The summed E-state index contributed by atoms with van der Waals surface area (Å²) >= 11 is 0. The smallest absolute Gasteiger partial charge is 0.125 e. The zero-order chi connectivity index (χ0) is 10.4. The van der Waals surface area contributed by atoms with E-state index >= 15 is 0 Å². The summed E-state index contributed by atoms with van der Waals surface area (Å²) in [5, 5.41) is 18.2. The Morgan fingerprint density at radius 3 is 2.71 bits per heavy atom. The zero-order valence-corrected chi connectivity index (χ0v) is 8.36. The van der Waals surface area contributed by atoms with Gasteiger partial charge in [0.05, 0.1) is 7.11 Å². The minimum Gasteiger partial charge on any atom is -0.508 e. The third-order valence-corrected chi connectivity index (χ3v) is 2.16. The number of phenols is 1. The van der Waals surface area contributed by atoms with Gasteiger partial charge in [-0.1, -0.05) is 6.07 Å². The Bertz CT molecular complexity index is 284. The highest BCUT2D eigenvalue weighted by Crippen LogP contribution is 2.28. The molecule has 1 aromatic carbocycles. The van der Waals surface area contributed by atoms with Crippen LogP contribution in [0.4, 0.5) is 0 Å². The van der Waals surface area contributed by atoms with E-state index in [2.05, 4.69) is 0 Å². The fourth-order valence-electron chi connectivity index (χ4n) is 1.41. The average Bonchev–Trinajstić information content (AvgIpc) is 2.20. The van der Waals surface area contributed by atoms with E-state index in [1.807, 2.05) is 6.07 Å². The minimum absolute atomic E-state index is 0.190. The van der Waals surface area contributed by atoms with Crippen LogP contribution in [0.15, 0.2) is 18.2 Å². The average molecular weight is 196 g/mol. The Labute approximate surface area is 84.0 Å². The molecule has 0 atom stereocenters. The van der Waals surface area contributed by atoms with Gasteiger partial charge in [0.1, 0.15) is 11.5 Å². The van der Waals surface area contributed by atoms with Crippen molar-refractivity contribution in [3.63, 3.8) is 0 Å². The molecule has 0 spiro atoms. The predicted molar refractivity (Wildman–Crippen MR) is 54.7 cm³/mol. The van der Waals surface area contributed by atoms with Crippen LogP contribution in [0, 0.1) is 0 Å². The van der Waals surface area contributed by atoms with Crippen molar-refractivity contribution < 1.29 is 14.9 Å². The van der Waals surface area contributed by atoms with Crippen molar-refractivity contribution in [2.24, 2.45) is 0 Å². The fraction of sp³-hybridized carbons (Fsp3) is 0.455. The van der Waals surface area contributed by atoms with E-state index in [9.17, 15) is 5.11 Å². The van der Waals surface area contributed by atoms with Gasteiger partial charge in [0.2, 0.25) is 0 Å². The van der Waals surface area contributed by atoms with Crippen molar-refractivity contribution in [1.29, 1.82) is 0 Å². The number of rotatable bonds is 5. The number of ether oxygens (including phenoxy) is 1. The molecule has 0 heterocycles. The number of aromatic hydroxyl groups is 1. The predicted octanol–water partition coefficient (Wildman–Crippen LogP) is 1.72. The largest absolute Gasteiger partial charge is 0.508 e. The van der Waals surface area contributed by atoms with Gasteiger partial charge in [-0.25, -0.2) is 0 Å². The third-order valence-electron chi connectivity index (χ3n) is 2.16. The number of methoxy groups -OCH3 is 1. The summed E-state index contributed by atoms with van der Waals surface area (Å²) in [5.41, 5.74) is 0.823. The molecule has 14 heavy (non-hydrogen) atoms. The van der Waals surface area contributed by atoms with Gasteiger partial charge in [-0.3, -0.25) is 0 Å². The van der Waals surface area contributed by atoms with E-state index in [4.69, 9.17) is 9.84 Å². The first-order valence-corrected chi connectivity index (χ1v) is 4.75. The van der Waals surface area contributed by atoms with E-state index in [1.54, 1.807) is 19.2 Å². The van der Waals surface area contributed by atoms with Gasteiger partial charge >= 0.3 is 0 Å². The maximum Gasteiger partial charge on any atom is 0.125 e. The molecule has 0 amide bonds. The standard InChI is InChI=1S/C11H16O3/c1-14-11-7-4-6-10(13)9(11)5-2-3-8-12/h4,6-7,12-13H,2-3,5,8H2,1H3. The molecule has 0 fully saturated rings. The van der Waals surface area contributed by atoms with Gasteiger partial charge in [-0.05, 0) is 31.4 Å². The Morgan fingerprint density at radius 1 is 1.29 bits per heavy atom. The van der Waals surface area contributed by atoms with Crippen molar-refractivity contribution in [2.45, 2.75) is 19.3 Å². The van der Waals surface area contributed by atoms with Crippen molar-refractivity contribution in [3.05, 3.63) is 23.8 Å². The lowest BCUT2D eigenvalue weighted by Gasteiger charge is -2.09. The number of unbranched alkanes of at least 4 members (excludes halogenated alkanes) is 1. The van der Waals surface area contributed by atoms with E-state index in [-0.39, 0.29) is 12.4 Å². The normalized spacial score (nSPS) is 10.1. The molecule has 78 valence electrons. The molecule has 3 heteroatoms. The summed E-state index contributed by atoms with van der Waals surface area (Å²) in [7, 11) is 1.59. The molecule has 1 aromatic rings. The first-order chi connectivity index (χ1) is 6.79. The zero-order valence-electron chi connectivity index (χ0n) is 8.36. The van der Waals surface area contributed by atoms with E-state index in [0.717, 1.165) is 24.8 Å². The number of benzene rings is 1. The number of hydrogen-bond donors (Lipinski definition) is 2. The van der Waals surface area contributed by atoms with Gasteiger partial charge in [0.15, 0.2) is 0 Å². The summed E-state index contributed by atoms with van der Waals surface area (Å²) in [4.78, 5) is 0. The van der Waals surface area contributed by atoms with E-state index in [0.29, 0.717) is 5.75 Å². The first kappa shape index (κ1) is 10.9. The van der Waals surface area contributed by atoms with Gasteiger partial charge in [0.25, 0.3) is 0 Å². The molecule has 3 nitrogen and oxygen atoms in total. The highest BCUT2D eigenvalue weighted by atomic mass is 16.5. The monoisotopic (exact) mass is 196 g/mol. The molecule has 0 saturated heterocycles. The molecule has 0 saturated carbocycles. The maximum absolute atomic E-state index is 9.58. The molecular weight excluding hydrogens is 180 g/mol. The SMILES string of the molecule is COc1cccc(O)c1CCCCO. The molecule has 0 aromatic heterocycles. The lowest BCUT2D eigenvalue weighted by molar-refractivity contribution is 0.284. The summed E-state index contributed by atoms with van der Waals surface area (Å²) in [6.07, 6.45) is 2.33. The Balaban J connectivity index is 2.72. The number of hydrogen-bond acceptors (Lipinski definition) is 3. The second kappa shape index (κ2) is 5.50. The molecule has 0 aliphatic carbocycles. The molecule has 0 unspecified atom stereocenters. The van der Waals surface area contributed by atoms with Gasteiger partial charge in [-0.15, -0.1) is 0 Å². The van der Waals surface area contributed by atoms with Crippen molar-refractivity contribution in [3.8, 4) is 11.5 Å². The quantitative estimate of drug-likeness (QED) is 0.705. The third kappa shape index (κ3) is 2.64. The lowest BCUT2D eigenvalue weighted by atomic mass is 10.1. The Morgan fingerprint density at radius 2 is 2.07 bits per heavy atom. The molecule has 0 radical (unpaired) electrons. The molecule has 0 aliphatic rings. The topological polar surface area (TPSA) is 49.7 Å². The summed E-state index contributed by atoms with van der Waals surface area (Å²) in [6, 6.07) is 5.23. The van der Waals surface area contributed by atoms with Crippen LogP contribution in [-0.2, 0) is 6.42 Å². The van der Waals surface area contributed by atoms with Crippen LogP contribution in [0.25, 0.3) is 0 Å². The first-order valence-electron chi connectivity index (χ1n) is 4.75. The van der Waals surface area contributed by atoms with E-state index in [1.165, 1.54) is 0 Å². The second-order valence-electron chi connectivity index (χ2n) is 3.14. The van der Waals surface area contributed by atoms with Crippen LogP contribution in [0.3, 0.4) is 0 Å². The van der Waals surface area contributed by atoms with Crippen LogP contribution in [0.1, 0.15) is 18.4 Å². The molecule has 1 rings (SSSR count). The summed E-state index contributed by atoms with van der Waals surface area (Å²) in [6.45, 7) is 0.190. The van der Waals surface area contributed by atoms with Gasteiger partial charge < -0.3 is 14.9 Å². The maximum atomic E-state index is 9.58. The second-order valence-corrected chi connectivity index (χ2v) is 3.14. The minimum atomic E-state index is 0.190. The lowest BCUT2D eigenvalue weighted by Crippen LogP contribution is -1.94. The van der Waals surface area contributed by atoms with Crippen LogP contribution >= 0.6 is 0 Å². The Hall–Kier alpha value is -1.22. The number of aliphatic hydroxyl groups is 1. The number of aliphatic hydroxyl groups excluding tert-OH is 1. The van der Waals surface area contributed by atoms with E-state index < -0.39 is 0 Å². The van der Waals surface area contributed by atoms with Gasteiger partial charge in [0, 0.05) is 12.2 Å². The summed E-state index contributed by atoms with van der Waals surface area (Å²) in [5.74, 6) is 0.977. The van der Waals surface area contributed by atoms with Crippen LogP contribution in [0.2, 0.25) is 0 Å². The van der Waals surface area contributed by atoms with Crippen molar-refractivity contribution in [1.82, 2.24) is 0 Å². The van der Waals surface area contributed by atoms with Crippen LogP contribution in [0.5, 0.6) is 11.5 Å². The van der Waals surface area contributed by atoms with Crippen molar-refractivity contribution >= 4 is 0 Å². The highest BCUT2D eigenvalue weighted by Gasteiger charge is 2.06.